The number of carbonyl (C=O) groups is 2. The van der Waals surface area contributed by atoms with Crippen LogP contribution in [0.4, 0.5) is 14.6 Å². The highest BCUT2D eigenvalue weighted by Crippen LogP contribution is 2.37. The molecule has 0 unspecified atom stereocenters. The lowest BCUT2D eigenvalue weighted by Gasteiger charge is -2.26. The summed E-state index contributed by atoms with van der Waals surface area (Å²) in [6, 6.07) is 13.2. The summed E-state index contributed by atoms with van der Waals surface area (Å²) in [6.07, 6.45) is 1.03. The van der Waals surface area contributed by atoms with Gasteiger partial charge in [0.25, 0.3) is 11.8 Å². The largest absolute Gasteiger partial charge is 0.508 e. The fraction of sp³-hybridized carbons (Fsp3) is 0.286. The molecule has 2 aromatic carbocycles. The van der Waals surface area contributed by atoms with Crippen LogP contribution in [0.1, 0.15) is 45.3 Å². The minimum Gasteiger partial charge on any atom is -0.508 e. The van der Waals surface area contributed by atoms with Gasteiger partial charge in [0.1, 0.15) is 23.6 Å². The second-order valence-electron chi connectivity index (χ2n) is 10.1. The first-order valence-electron chi connectivity index (χ1n) is 12.9. The van der Waals surface area contributed by atoms with Gasteiger partial charge in [-0.2, -0.15) is 0 Å². The summed E-state index contributed by atoms with van der Waals surface area (Å²) in [5.74, 6) is -0.628. The number of halogens is 2. The molecule has 2 aliphatic heterocycles. The normalized spacial score (nSPS) is 20.8. The highest BCUT2D eigenvalue weighted by atomic mass is 32.1. The van der Waals surface area contributed by atoms with Crippen LogP contribution in [0, 0.1) is 5.82 Å². The van der Waals surface area contributed by atoms with E-state index in [2.05, 4.69) is 28.0 Å². The molecule has 2 saturated heterocycles. The van der Waals surface area contributed by atoms with Crippen molar-refractivity contribution >= 4 is 35.9 Å². The van der Waals surface area contributed by atoms with Gasteiger partial charge < -0.3 is 20.2 Å². The zero-order valence-electron chi connectivity index (χ0n) is 21.2. The first-order chi connectivity index (χ1) is 19.2. The maximum absolute atomic E-state index is 14.6. The molecule has 0 aliphatic carbocycles. The number of carbonyl (C=O) groups excluding carboxylic acids is 2. The number of alkyl halides is 1. The van der Waals surface area contributed by atoms with E-state index in [0.29, 0.717) is 47.0 Å². The second-order valence-corrected chi connectivity index (χ2v) is 10.6. The number of phenolic OH excluding ortho intramolecular Hbond substituents is 1. The number of nitrogens with one attached hydrogen (secondary N) is 1. The van der Waals surface area contributed by atoms with Gasteiger partial charge in [0.05, 0.1) is 18.8 Å². The topological polar surface area (TPSA) is 103 Å². The van der Waals surface area contributed by atoms with Gasteiger partial charge in [-0.3, -0.25) is 9.59 Å². The van der Waals surface area contributed by atoms with E-state index in [1.54, 1.807) is 40.1 Å². The Hall–Kier alpha value is -4.19. The van der Waals surface area contributed by atoms with E-state index in [1.807, 2.05) is 0 Å². The molecule has 2 aromatic heterocycles. The molecule has 6 rings (SSSR count). The number of thiol groups is 1. The number of hydrogen-bond donors (Lipinski definition) is 3. The Morgan fingerprint density at radius 3 is 2.75 bits per heavy atom. The summed E-state index contributed by atoms with van der Waals surface area (Å²) >= 11 is 4.26. The molecule has 0 saturated carbocycles. The van der Waals surface area contributed by atoms with E-state index in [4.69, 9.17) is 0 Å². The van der Waals surface area contributed by atoms with Gasteiger partial charge in [-0.1, -0.05) is 6.07 Å². The van der Waals surface area contributed by atoms with E-state index in [-0.39, 0.29) is 36.4 Å². The van der Waals surface area contributed by atoms with Gasteiger partial charge in [-0.15, -0.1) is 17.7 Å². The summed E-state index contributed by atoms with van der Waals surface area (Å²) in [7, 11) is 0. The van der Waals surface area contributed by atoms with Gasteiger partial charge in [-0.25, -0.2) is 18.3 Å². The van der Waals surface area contributed by atoms with Crippen molar-refractivity contribution in [1.82, 2.24) is 24.8 Å². The number of fused-ring (bicyclic) bond motifs is 1. The molecule has 40 heavy (non-hydrogen) atoms. The summed E-state index contributed by atoms with van der Waals surface area (Å²) in [5, 5.41) is 17.3. The Balaban J connectivity index is 1.20. The SMILES string of the molecule is O=C(N[C@H]1CCN(C(=O)c2cccc(O)c2)C1)c1cnc2ccc(N3C[C@@H](F)C[C@@H]3c3cc(F)cc(S)c3)nn12. The molecular formula is C28H26F2N6O3S. The second kappa shape index (κ2) is 10.4. The monoisotopic (exact) mass is 564 g/mol. The summed E-state index contributed by atoms with van der Waals surface area (Å²) in [5.41, 5.74) is 1.62. The van der Waals surface area contributed by atoms with E-state index in [1.165, 1.54) is 35.0 Å². The third kappa shape index (κ3) is 5.06. The van der Waals surface area contributed by atoms with E-state index >= 15 is 0 Å². The van der Waals surface area contributed by atoms with Crippen LogP contribution in [-0.4, -0.2) is 68.3 Å². The van der Waals surface area contributed by atoms with Crippen molar-refractivity contribution in [3.05, 3.63) is 83.4 Å². The number of likely N-dealkylation sites (tertiary alicyclic amines) is 1. The van der Waals surface area contributed by atoms with Crippen LogP contribution in [-0.2, 0) is 0 Å². The predicted octanol–water partition coefficient (Wildman–Crippen LogP) is 3.80. The molecule has 9 nitrogen and oxygen atoms in total. The zero-order chi connectivity index (χ0) is 28.0. The zero-order valence-corrected chi connectivity index (χ0v) is 22.1. The Bertz CT molecular complexity index is 1590. The van der Waals surface area contributed by atoms with Crippen molar-refractivity contribution < 1.29 is 23.5 Å². The molecule has 0 bridgehead atoms. The van der Waals surface area contributed by atoms with Crippen molar-refractivity contribution in [3.63, 3.8) is 0 Å². The number of imidazole rings is 1. The number of aromatic nitrogens is 3. The van der Waals surface area contributed by atoms with Crippen LogP contribution in [0.5, 0.6) is 5.75 Å². The van der Waals surface area contributed by atoms with Crippen LogP contribution >= 0.6 is 12.6 Å². The Morgan fingerprint density at radius 2 is 1.95 bits per heavy atom. The minimum atomic E-state index is -1.13. The van der Waals surface area contributed by atoms with Crippen LogP contribution in [0.15, 0.2) is 65.7 Å². The average molecular weight is 565 g/mol. The van der Waals surface area contributed by atoms with Crippen LogP contribution in [0.2, 0.25) is 0 Å². The fourth-order valence-electron chi connectivity index (χ4n) is 5.46. The molecule has 2 aliphatic rings. The number of phenols is 1. The third-order valence-electron chi connectivity index (χ3n) is 7.32. The summed E-state index contributed by atoms with van der Waals surface area (Å²) in [4.78, 5) is 34.2. The van der Waals surface area contributed by atoms with Crippen molar-refractivity contribution in [2.45, 2.75) is 36.0 Å². The Labute approximate surface area is 233 Å². The molecule has 3 atom stereocenters. The van der Waals surface area contributed by atoms with Crippen molar-refractivity contribution in [2.75, 3.05) is 24.5 Å². The lowest BCUT2D eigenvalue weighted by atomic mass is 10.0. The van der Waals surface area contributed by atoms with Crippen molar-refractivity contribution in [1.29, 1.82) is 0 Å². The number of nitrogens with zero attached hydrogens (tertiary/aromatic N) is 5. The van der Waals surface area contributed by atoms with E-state index < -0.39 is 23.9 Å². The smallest absolute Gasteiger partial charge is 0.271 e. The molecule has 2 fully saturated rings. The van der Waals surface area contributed by atoms with Crippen LogP contribution in [0.3, 0.4) is 0 Å². The predicted molar refractivity (Wildman–Crippen MR) is 146 cm³/mol. The Kier molecular flexibility index (Phi) is 6.78. The van der Waals surface area contributed by atoms with E-state index in [0.717, 1.165) is 0 Å². The van der Waals surface area contributed by atoms with Gasteiger partial charge in [-0.05, 0) is 60.5 Å². The third-order valence-corrected chi connectivity index (χ3v) is 7.58. The molecule has 12 heteroatoms. The highest BCUT2D eigenvalue weighted by molar-refractivity contribution is 7.80. The van der Waals surface area contributed by atoms with Crippen molar-refractivity contribution in [2.24, 2.45) is 0 Å². The van der Waals surface area contributed by atoms with Gasteiger partial charge in [0.2, 0.25) is 0 Å². The molecule has 0 radical (unpaired) electrons. The molecule has 2 N–H and O–H groups in total. The van der Waals surface area contributed by atoms with E-state index in [9.17, 15) is 23.5 Å². The minimum absolute atomic E-state index is 0.0130. The number of aromatic hydroxyl groups is 1. The lowest BCUT2D eigenvalue weighted by Crippen LogP contribution is -2.39. The number of benzene rings is 2. The standard InChI is InChI=1S/C28H26F2N6O3S/c29-18-8-17(10-22(40)11-18)23-12-19(30)14-35(23)26-5-4-25-31-13-24(36(25)33-26)27(38)32-20-6-7-34(15-20)28(39)16-2-1-3-21(37)9-16/h1-5,8-11,13,19-20,23,37,40H,6-7,12,14-15H2,(H,32,38)/t19-,20-,23+/m0/s1. The number of anilines is 1. The first kappa shape index (κ1) is 26.1. The van der Waals surface area contributed by atoms with Crippen LogP contribution < -0.4 is 10.2 Å². The Morgan fingerprint density at radius 1 is 1.10 bits per heavy atom. The molecule has 206 valence electrons. The molecule has 2 amide bonds. The average Bonchev–Trinajstić information content (AvgIpc) is 3.65. The number of amides is 2. The van der Waals surface area contributed by atoms with Crippen molar-refractivity contribution in [3.8, 4) is 5.75 Å². The fourth-order valence-corrected chi connectivity index (χ4v) is 5.73. The number of hydrogen-bond acceptors (Lipinski definition) is 7. The van der Waals surface area contributed by atoms with Gasteiger partial charge >= 0.3 is 0 Å². The van der Waals surface area contributed by atoms with Crippen LogP contribution in [0.25, 0.3) is 5.65 Å². The summed E-state index contributed by atoms with van der Waals surface area (Å²) < 4.78 is 30.1. The molecule has 0 spiro atoms. The van der Waals surface area contributed by atoms with Gasteiger partial charge in [0, 0.05) is 36.0 Å². The molecule has 4 heterocycles. The maximum atomic E-state index is 14.6. The first-order valence-corrected chi connectivity index (χ1v) is 13.3. The van der Waals surface area contributed by atoms with Gasteiger partial charge in [0.15, 0.2) is 11.3 Å². The highest BCUT2D eigenvalue weighted by Gasteiger charge is 2.35. The summed E-state index contributed by atoms with van der Waals surface area (Å²) in [6.45, 7) is 0.858. The molecule has 4 aromatic rings. The maximum Gasteiger partial charge on any atom is 0.271 e. The lowest BCUT2D eigenvalue weighted by molar-refractivity contribution is 0.0782. The number of rotatable bonds is 5. The molecular weight excluding hydrogens is 538 g/mol. The quantitative estimate of drug-likeness (QED) is 0.319.